The van der Waals surface area contributed by atoms with Crippen LogP contribution in [0.2, 0.25) is 5.02 Å². The van der Waals surface area contributed by atoms with E-state index in [4.69, 9.17) is 16.0 Å². The fraction of sp³-hybridized carbons (Fsp3) is 0.241. The van der Waals surface area contributed by atoms with Crippen molar-refractivity contribution >= 4 is 46.2 Å². The number of aromatic carboxylic acids is 1. The molecule has 1 amide bonds. The van der Waals surface area contributed by atoms with Crippen LogP contribution in [-0.2, 0) is 6.54 Å². The molecule has 40 heavy (non-hydrogen) atoms. The van der Waals surface area contributed by atoms with E-state index in [1.807, 2.05) is 20.8 Å². The van der Waals surface area contributed by atoms with Crippen LogP contribution in [0, 0.1) is 18.2 Å². The summed E-state index contributed by atoms with van der Waals surface area (Å²) in [5.41, 5.74) is -2.18. The Labute approximate surface area is 232 Å². The number of hydrogen-bond acceptors (Lipinski definition) is 7. The van der Waals surface area contributed by atoms with E-state index in [2.05, 4.69) is 10.6 Å². The molecule has 5 rings (SSSR count). The first kappa shape index (κ1) is 27.1. The van der Waals surface area contributed by atoms with Gasteiger partial charge in [-0.05, 0) is 48.7 Å². The van der Waals surface area contributed by atoms with Gasteiger partial charge in [-0.3, -0.25) is 14.4 Å². The monoisotopic (exact) mass is 565 g/mol. The molecule has 206 valence electrons. The maximum Gasteiger partial charge on any atom is 0.337 e. The van der Waals surface area contributed by atoms with Crippen molar-refractivity contribution in [2.45, 2.75) is 40.3 Å². The fourth-order valence-corrected chi connectivity index (χ4v) is 5.10. The number of carbonyl (C=O) groups is 2. The molecular formula is C29H25ClFN3O6. The predicted molar refractivity (Wildman–Crippen MR) is 149 cm³/mol. The zero-order valence-corrected chi connectivity index (χ0v) is 22.8. The summed E-state index contributed by atoms with van der Waals surface area (Å²) in [6, 6.07) is 9.61. The average molecular weight is 566 g/mol. The second-order valence-electron chi connectivity index (χ2n) is 10.7. The quantitative estimate of drug-likeness (QED) is 0.241. The fourth-order valence-electron chi connectivity index (χ4n) is 4.88. The van der Waals surface area contributed by atoms with Gasteiger partial charge in [0.25, 0.3) is 16.8 Å². The van der Waals surface area contributed by atoms with Gasteiger partial charge in [-0.25, -0.2) is 9.18 Å². The van der Waals surface area contributed by atoms with Crippen LogP contribution >= 0.6 is 11.6 Å². The van der Waals surface area contributed by atoms with Crippen LogP contribution < -0.4 is 26.4 Å². The molecule has 0 aliphatic carbocycles. The van der Waals surface area contributed by atoms with Crippen molar-refractivity contribution in [3.8, 4) is 0 Å². The number of carbonyl (C=O) groups excluding carboxylic acids is 1. The molecule has 11 heteroatoms. The molecule has 0 unspecified atom stereocenters. The second-order valence-corrected chi connectivity index (χ2v) is 11.1. The summed E-state index contributed by atoms with van der Waals surface area (Å²) in [6.45, 7) is 7.47. The number of fused-ring (bicyclic) bond motifs is 1. The summed E-state index contributed by atoms with van der Waals surface area (Å²) in [5, 5.41) is 15.8. The molecule has 0 bridgehead atoms. The van der Waals surface area contributed by atoms with E-state index in [1.165, 1.54) is 24.3 Å². The Morgan fingerprint density at radius 1 is 1.07 bits per heavy atom. The maximum absolute atomic E-state index is 14.8. The lowest BCUT2D eigenvalue weighted by atomic mass is 9.85. The maximum atomic E-state index is 14.8. The molecule has 2 heterocycles. The van der Waals surface area contributed by atoms with Crippen molar-refractivity contribution in [2.75, 3.05) is 15.5 Å². The number of aryl methyl sites for hydroxylation is 1. The highest BCUT2D eigenvalue weighted by Gasteiger charge is 2.38. The van der Waals surface area contributed by atoms with Gasteiger partial charge in [0.1, 0.15) is 28.7 Å². The molecule has 1 aliphatic heterocycles. The lowest BCUT2D eigenvalue weighted by Gasteiger charge is -2.31. The number of benzene rings is 2. The lowest BCUT2D eigenvalue weighted by molar-refractivity contribution is 0.0697. The van der Waals surface area contributed by atoms with Crippen molar-refractivity contribution in [1.82, 2.24) is 0 Å². The minimum atomic E-state index is -1.40. The third-order valence-electron chi connectivity index (χ3n) is 6.89. The van der Waals surface area contributed by atoms with E-state index < -0.39 is 45.7 Å². The standard InChI is InChI=1S/C29H25ClFN3O6/c1-13-8-11-19(40-13)26(29(2,3)4)33-22-21(24(35)25(22)36)32-18-10-9-16(30)15-12-34(27(37)20(15)18)23-14(28(38)39)6-5-7-17(23)31/h5-11,26,32-33H,12H2,1-4H3,(H,38,39)/t26-/m0/s1. The number of amides is 1. The smallest absolute Gasteiger partial charge is 0.337 e. The molecule has 1 atom stereocenters. The van der Waals surface area contributed by atoms with Gasteiger partial charge in [-0.1, -0.05) is 38.4 Å². The number of carboxylic acid groups (broad SMARTS) is 1. The van der Waals surface area contributed by atoms with E-state index in [9.17, 15) is 28.7 Å². The van der Waals surface area contributed by atoms with Crippen LogP contribution in [0.4, 0.5) is 27.1 Å². The second kappa shape index (κ2) is 9.63. The Hall–Kier alpha value is -4.44. The van der Waals surface area contributed by atoms with E-state index >= 15 is 0 Å². The van der Waals surface area contributed by atoms with Gasteiger partial charge in [-0.2, -0.15) is 0 Å². The molecule has 0 radical (unpaired) electrons. The Balaban J connectivity index is 1.53. The van der Waals surface area contributed by atoms with Crippen LogP contribution in [0.5, 0.6) is 0 Å². The first-order valence-corrected chi connectivity index (χ1v) is 12.8. The van der Waals surface area contributed by atoms with Crippen LogP contribution in [0.15, 0.2) is 56.5 Å². The molecule has 0 saturated carbocycles. The summed E-state index contributed by atoms with van der Waals surface area (Å²) in [6.07, 6.45) is 0. The molecular weight excluding hydrogens is 541 g/mol. The van der Waals surface area contributed by atoms with E-state index in [1.54, 1.807) is 19.1 Å². The number of anilines is 4. The lowest BCUT2D eigenvalue weighted by Crippen LogP contribution is -2.39. The summed E-state index contributed by atoms with van der Waals surface area (Å²) in [4.78, 5) is 51.7. The van der Waals surface area contributed by atoms with Gasteiger partial charge in [0.15, 0.2) is 0 Å². The number of rotatable bonds is 7. The van der Waals surface area contributed by atoms with Crippen molar-refractivity contribution in [2.24, 2.45) is 5.41 Å². The van der Waals surface area contributed by atoms with E-state index in [0.717, 1.165) is 11.0 Å². The Morgan fingerprint density at radius 3 is 2.40 bits per heavy atom. The van der Waals surface area contributed by atoms with Gasteiger partial charge in [0.2, 0.25) is 0 Å². The SMILES string of the molecule is Cc1ccc([C@H](Nc2c(Nc3ccc(Cl)c4c3C(=O)N(c3c(F)cccc3C(=O)O)C4)c(=O)c2=O)C(C)(C)C)o1. The number of nitrogens with zero attached hydrogens (tertiary/aromatic N) is 1. The van der Waals surface area contributed by atoms with Crippen LogP contribution in [0.25, 0.3) is 0 Å². The summed E-state index contributed by atoms with van der Waals surface area (Å²) >= 11 is 6.38. The molecule has 1 aliphatic rings. The molecule has 0 fully saturated rings. The Bertz CT molecular complexity index is 1760. The van der Waals surface area contributed by atoms with Crippen molar-refractivity contribution in [3.63, 3.8) is 0 Å². The van der Waals surface area contributed by atoms with Crippen LogP contribution in [-0.4, -0.2) is 17.0 Å². The van der Waals surface area contributed by atoms with Crippen molar-refractivity contribution in [3.05, 3.63) is 102 Å². The van der Waals surface area contributed by atoms with Crippen molar-refractivity contribution in [1.29, 1.82) is 0 Å². The highest BCUT2D eigenvalue weighted by atomic mass is 35.5. The molecule has 3 N–H and O–H groups in total. The molecule has 1 aromatic heterocycles. The minimum Gasteiger partial charge on any atom is -0.478 e. The van der Waals surface area contributed by atoms with Gasteiger partial charge < -0.3 is 25.1 Å². The van der Waals surface area contributed by atoms with Gasteiger partial charge in [-0.15, -0.1) is 0 Å². The largest absolute Gasteiger partial charge is 0.478 e. The number of para-hydroxylation sites is 1. The third-order valence-corrected chi connectivity index (χ3v) is 7.24. The van der Waals surface area contributed by atoms with Gasteiger partial charge in [0.05, 0.1) is 35.1 Å². The van der Waals surface area contributed by atoms with Gasteiger partial charge in [0, 0.05) is 10.6 Å². The van der Waals surface area contributed by atoms with E-state index in [-0.39, 0.29) is 39.8 Å². The highest BCUT2D eigenvalue weighted by molar-refractivity contribution is 6.33. The topological polar surface area (TPSA) is 129 Å². The van der Waals surface area contributed by atoms with E-state index in [0.29, 0.717) is 17.1 Å². The summed E-state index contributed by atoms with van der Waals surface area (Å²) in [7, 11) is 0. The average Bonchev–Trinajstić information content (AvgIpc) is 3.47. The number of carboxylic acids is 1. The van der Waals surface area contributed by atoms with Crippen LogP contribution in [0.3, 0.4) is 0 Å². The molecule has 3 aromatic carbocycles. The number of halogens is 2. The minimum absolute atomic E-state index is 0.0345. The Morgan fingerprint density at radius 2 is 1.77 bits per heavy atom. The molecule has 4 aromatic rings. The van der Waals surface area contributed by atoms with Crippen molar-refractivity contribution < 1.29 is 23.5 Å². The third kappa shape index (κ3) is 4.44. The summed E-state index contributed by atoms with van der Waals surface area (Å²) < 4.78 is 20.6. The zero-order chi connectivity index (χ0) is 29.1. The normalized spacial score (nSPS) is 13.9. The molecule has 9 nitrogen and oxygen atoms in total. The number of hydrogen-bond donors (Lipinski definition) is 3. The zero-order valence-electron chi connectivity index (χ0n) is 22.0. The molecule has 0 spiro atoms. The van der Waals surface area contributed by atoms with Gasteiger partial charge >= 0.3 is 5.97 Å². The Kier molecular flexibility index (Phi) is 6.54. The first-order valence-electron chi connectivity index (χ1n) is 12.4. The number of furan rings is 1. The first-order chi connectivity index (χ1) is 18.8. The summed E-state index contributed by atoms with van der Waals surface area (Å²) in [5.74, 6) is -1.72. The molecule has 0 saturated heterocycles. The van der Waals surface area contributed by atoms with Crippen LogP contribution in [0.1, 0.15) is 64.6 Å². The highest BCUT2D eigenvalue weighted by Crippen LogP contribution is 2.41. The number of nitrogens with one attached hydrogen (secondary N) is 2. The predicted octanol–water partition coefficient (Wildman–Crippen LogP) is 5.78.